The molecule has 2 aliphatic rings. The first kappa shape index (κ1) is 26.1. The van der Waals surface area contributed by atoms with Crippen molar-refractivity contribution in [3.8, 4) is 0 Å². The molecule has 7 atom stereocenters. The number of aliphatic imine (C=N–C) groups is 1. The second kappa shape index (κ2) is 9.26. The molecule has 11 nitrogen and oxygen atoms in total. The number of halogens is 1. The number of nitrogens with zero attached hydrogens (tertiary/aromatic N) is 3. The van der Waals surface area contributed by atoms with Gasteiger partial charge in [0, 0.05) is 24.6 Å². The molecule has 0 spiro atoms. The van der Waals surface area contributed by atoms with Gasteiger partial charge in [-0.3, -0.25) is 9.13 Å². The maximum absolute atomic E-state index is 13.4. The van der Waals surface area contributed by atoms with Crippen LogP contribution in [0, 0.1) is 0 Å². The highest BCUT2D eigenvalue weighted by Gasteiger charge is 2.50. The minimum Gasteiger partial charge on any atom is -0.388 e. The third kappa shape index (κ3) is 5.12. The highest BCUT2D eigenvalue weighted by Crippen LogP contribution is 2.59. The Morgan fingerprint density at radius 3 is 2.55 bits per heavy atom. The lowest BCUT2D eigenvalue weighted by Crippen LogP contribution is -2.40. The summed E-state index contributed by atoms with van der Waals surface area (Å²) in [5, 5.41) is 29.5. The van der Waals surface area contributed by atoms with Gasteiger partial charge in [-0.25, -0.2) is 9.79 Å². The van der Waals surface area contributed by atoms with Crippen molar-refractivity contribution < 1.29 is 38.4 Å². The molecule has 0 bridgehead atoms. The van der Waals surface area contributed by atoms with Gasteiger partial charge in [-0.05, 0) is 33.1 Å². The van der Waals surface area contributed by atoms with Crippen molar-refractivity contribution in [2.45, 2.75) is 95.3 Å². The van der Waals surface area contributed by atoms with Crippen LogP contribution >= 0.6 is 7.60 Å². The first-order chi connectivity index (χ1) is 15.2. The molecule has 3 rings (SSSR count). The Bertz CT molecular complexity index is 1030. The average molecular weight is 491 g/mol. The quantitative estimate of drug-likeness (QED) is 0.396. The summed E-state index contributed by atoms with van der Waals surface area (Å²) in [5.41, 5.74) is -1.64. The second-order valence-corrected chi connectivity index (χ2v) is 11.2. The molecule has 3 heterocycles. The van der Waals surface area contributed by atoms with Gasteiger partial charge < -0.3 is 29.5 Å². The maximum atomic E-state index is 13.4. The average Bonchev–Trinajstić information content (AvgIpc) is 3.00. The van der Waals surface area contributed by atoms with Crippen LogP contribution in [0.2, 0.25) is 0 Å². The first-order valence-corrected chi connectivity index (χ1v) is 12.4. The van der Waals surface area contributed by atoms with Crippen LogP contribution in [-0.4, -0.2) is 65.0 Å². The van der Waals surface area contributed by atoms with Crippen LogP contribution in [0.5, 0.6) is 0 Å². The van der Waals surface area contributed by atoms with Gasteiger partial charge in [-0.2, -0.15) is 9.37 Å². The zero-order valence-corrected chi connectivity index (χ0v) is 19.9. The van der Waals surface area contributed by atoms with E-state index >= 15 is 0 Å². The lowest BCUT2D eigenvalue weighted by Gasteiger charge is -2.37. The summed E-state index contributed by atoms with van der Waals surface area (Å²) in [5.74, 6) is -0.653. The van der Waals surface area contributed by atoms with Gasteiger partial charge in [0.05, 0.1) is 11.7 Å². The zero-order chi connectivity index (χ0) is 24.8. The van der Waals surface area contributed by atoms with Crippen LogP contribution in [0.3, 0.4) is 0 Å². The number of fused-ring (bicyclic) bond motifs is 1. The lowest BCUT2D eigenvalue weighted by atomic mass is 9.93. The molecular formula is C20H31FN3O8P. The minimum absolute atomic E-state index is 0.0217. The molecule has 1 saturated heterocycles. The van der Waals surface area contributed by atoms with Gasteiger partial charge in [-0.1, -0.05) is 13.8 Å². The van der Waals surface area contributed by atoms with Gasteiger partial charge >= 0.3 is 13.3 Å². The molecule has 0 radical (unpaired) electrons. The minimum atomic E-state index is -4.48. The molecule has 0 aliphatic carbocycles. The zero-order valence-electron chi connectivity index (χ0n) is 19.0. The highest BCUT2D eigenvalue weighted by molar-refractivity contribution is 7.54. The van der Waals surface area contributed by atoms with Crippen molar-refractivity contribution in [1.29, 1.82) is 0 Å². The number of rotatable bonds is 8. The molecule has 1 aromatic rings. The third-order valence-corrected chi connectivity index (χ3v) is 8.67. The summed E-state index contributed by atoms with van der Waals surface area (Å²) in [6.07, 6.45) is -3.49. The summed E-state index contributed by atoms with van der Waals surface area (Å²) in [6.45, 7) is 5.99. The molecule has 1 fully saturated rings. The molecular weight excluding hydrogens is 460 g/mol. The van der Waals surface area contributed by atoms with E-state index in [1.165, 1.54) is 20.0 Å². The number of aliphatic hydroxyl groups excluding tert-OH is 2. The van der Waals surface area contributed by atoms with Crippen LogP contribution in [0.15, 0.2) is 16.0 Å². The second-order valence-electron chi connectivity index (χ2n) is 9.00. The Morgan fingerprint density at radius 2 is 1.94 bits per heavy atom. The number of aromatic nitrogens is 2. The number of aryl methyl sites for hydroxylation is 1. The summed E-state index contributed by atoms with van der Waals surface area (Å²) < 4.78 is 38.4. The number of aliphatic hydroxyl groups is 3. The Hall–Kier alpha value is -1.53. The molecule has 13 heteroatoms. The van der Waals surface area contributed by atoms with Crippen molar-refractivity contribution in [2.24, 2.45) is 4.99 Å². The Labute approximate surface area is 190 Å². The Kier molecular flexibility index (Phi) is 7.32. The van der Waals surface area contributed by atoms with Crippen molar-refractivity contribution in [3.05, 3.63) is 22.2 Å². The topological polar surface area (TPSA) is 164 Å². The summed E-state index contributed by atoms with van der Waals surface area (Å²) in [6, 6.07) is 0. The fraction of sp³-hybridized carbons (Fsp3) is 0.750. The van der Waals surface area contributed by atoms with Crippen LogP contribution in [0.4, 0.5) is 10.2 Å². The molecule has 33 heavy (non-hydrogen) atoms. The van der Waals surface area contributed by atoms with Crippen molar-refractivity contribution in [2.75, 3.05) is 0 Å². The standard InChI is InChI=1S/C20H31FN3O8P/c1-5-19(3,32-33(29,30)20(4,28)6-2)9-12-14(25)15(26)17(31-12)24-10-11-7-8-13(21)22-16(11)23-18(24)27/h10,12,14-15,17,25-26,28H,5-9H2,1-4H3,(H,29,30). The molecule has 0 amide bonds. The van der Waals surface area contributed by atoms with E-state index in [4.69, 9.17) is 9.26 Å². The van der Waals surface area contributed by atoms with E-state index < -0.39 is 54.7 Å². The summed E-state index contributed by atoms with van der Waals surface area (Å²) in [7, 11) is -4.48. The molecule has 2 aliphatic heterocycles. The van der Waals surface area contributed by atoms with Crippen LogP contribution in [0.1, 0.15) is 65.2 Å². The summed E-state index contributed by atoms with van der Waals surface area (Å²) >= 11 is 0. The van der Waals surface area contributed by atoms with Crippen LogP contribution < -0.4 is 5.69 Å². The van der Waals surface area contributed by atoms with Crippen molar-refractivity contribution >= 4 is 19.4 Å². The smallest absolute Gasteiger partial charge is 0.359 e. The van der Waals surface area contributed by atoms with Gasteiger partial charge in [0.1, 0.15) is 12.2 Å². The normalized spacial score (nSPS) is 30.6. The van der Waals surface area contributed by atoms with E-state index in [0.717, 1.165) is 4.57 Å². The van der Waals surface area contributed by atoms with Gasteiger partial charge in [0.25, 0.3) is 0 Å². The van der Waals surface area contributed by atoms with E-state index in [9.17, 15) is 34.0 Å². The van der Waals surface area contributed by atoms with Crippen molar-refractivity contribution in [1.82, 2.24) is 9.55 Å². The van der Waals surface area contributed by atoms with E-state index in [1.807, 2.05) is 0 Å². The van der Waals surface area contributed by atoms with Crippen LogP contribution in [0.25, 0.3) is 0 Å². The highest BCUT2D eigenvalue weighted by atomic mass is 31.2. The number of hydrogen-bond donors (Lipinski definition) is 4. The number of hydrogen-bond acceptors (Lipinski definition) is 9. The molecule has 1 aromatic heterocycles. The van der Waals surface area contributed by atoms with Gasteiger partial charge in [0.15, 0.2) is 23.4 Å². The molecule has 0 saturated carbocycles. The molecule has 4 N–H and O–H groups in total. The molecule has 0 aromatic carbocycles. The fourth-order valence-corrected chi connectivity index (χ4v) is 5.16. The van der Waals surface area contributed by atoms with E-state index in [1.54, 1.807) is 13.8 Å². The van der Waals surface area contributed by atoms with Crippen LogP contribution in [-0.2, 0) is 20.2 Å². The maximum Gasteiger partial charge on any atom is 0.359 e. The third-order valence-electron chi connectivity index (χ3n) is 6.45. The molecule has 186 valence electrons. The first-order valence-electron chi connectivity index (χ1n) is 10.9. The summed E-state index contributed by atoms with van der Waals surface area (Å²) in [4.78, 5) is 30.2. The van der Waals surface area contributed by atoms with Crippen molar-refractivity contribution in [3.63, 3.8) is 0 Å². The van der Waals surface area contributed by atoms with Gasteiger partial charge in [0.2, 0.25) is 0 Å². The predicted molar refractivity (Wildman–Crippen MR) is 116 cm³/mol. The lowest BCUT2D eigenvalue weighted by molar-refractivity contribution is -0.0714. The Balaban J connectivity index is 1.83. The fourth-order valence-electron chi connectivity index (χ4n) is 3.76. The van der Waals surface area contributed by atoms with Gasteiger partial charge in [-0.15, -0.1) is 0 Å². The molecule has 7 unspecified atom stereocenters. The SMILES string of the molecule is CCC(C)(CC1OC(n2cc3c(nc2=O)N=C(F)CC3)C(O)C1O)OP(=O)(O)C(C)(O)CC. The van der Waals surface area contributed by atoms with E-state index in [-0.39, 0.29) is 37.9 Å². The van der Waals surface area contributed by atoms with E-state index in [2.05, 4.69) is 9.98 Å². The largest absolute Gasteiger partial charge is 0.388 e. The Morgan fingerprint density at radius 1 is 1.27 bits per heavy atom. The monoisotopic (exact) mass is 491 g/mol. The predicted octanol–water partition coefficient (Wildman–Crippen LogP) is 1.69. The number of ether oxygens (including phenoxy) is 1. The van der Waals surface area contributed by atoms with E-state index in [0.29, 0.717) is 5.56 Å².